The van der Waals surface area contributed by atoms with E-state index >= 15 is 0 Å². The predicted molar refractivity (Wildman–Crippen MR) is 182 cm³/mol. The first kappa shape index (κ1) is 33.3. The lowest BCUT2D eigenvalue weighted by Crippen LogP contribution is -2.28. The predicted octanol–water partition coefficient (Wildman–Crippen LogP) is 7.47. The molecule has 0 radical (unpaired) electrons. The highest BCUT2D eigenvalue weighted by atomic mass is 32.2. The number of carbonyl (C=O) groups excluding carboxylic acids is 1. The first-order chi connectivity index (χ1) is 20.5. The first-order valence-corrected chi connectivity index (χ1v) is 16.9. The van der Waals surface area contributed by atoms with E-state index in [9.17, 15) is 23.1 Å². The van der Waals surface area contributed by atoms with Crippen molar-refractivity contribution in [1.29, 1.82) is 0 Å². The highest BCUT2D eigenvalue weighted by Gasteiger charge is 2.29. The molecule has 1 aliphatic heterocycles. The molecule has 0 spiro atoms. The third-order valence-corrected chi connectivity index (χ3v) is 10.8. The van der Waals surface area contributed by atoms with Gasteiger partial charge < -0.3 is 9.84 Å². The third-order valence-electron chi connectivity index (χ3n) is 8.02. The Morgan fingerprint density at radius 1 is 1.02 bits per heavy atom. The number of ether oxygens (including phenoxy) is 1. The molecule has 5 rings (SSSR count). The van der Waals surface area contributed by atoms with Crippen LogP contribution in [0.3, 0.4) is 0 Å². The molecule has 0 unspecified atom stereocenters. The molecule has 9 heteroatoms. The van der Waals surface area contributed by atoms with Gasteiger partial charge in [-0.2, -0.15) is 13.5 Å². The summed E-state index contributed by atoms with van der Waals surface area (Å²) in [4.78, 5) is 25.6. The molecule has 0 amide bonds. The van der Waals surface area contributed by atoms with Crippen molar-refractivity contribution in [3.05, 3.63) is 87.8 Å². The van der Waals surface area contributed by atoms with Gasteiger partial charge in [-0.25, -0.2) is 8.42 Å². The van der Waals surface area contributed by atoms with Crippen LogP contribution in [0.25, 0.3) is 21.2 Å². The van der Waals surface area contributed by atoms with Crippen LogP contribution in [0.1, 0.15) is 64.0 Å². The fourth-order valence-corrected chi connectivity index (χ4v) is 8.29. The summed E-state index contributed by atoms with van der Waals surface area (Å²) in [6, 6.07) is 19.6. The van der Waals surface area contributed by atoms with E-state index in [2.05, 4.69) is 37.0 Å². The summed E-state index contributed by atoms with van der Waals surface area (Å²) in [6.45, 7) is 6.21. The number of rotatable bonds is 9. The minimum atomic E-state index is -3.02. The molecule has 1 aliphatic rings. The van der Waals surface area contributed by atoms with Crippen LogP contribution in [-0.2, 0) is 21.2 Å². The van der Waals surface area contributed by atoms with Crippen molar-refractivity contribution < 1.29 is 27.9 Å². The van der Waals surface area contributed by atoms with Crippen LogP contribution >= 0.6 is 24.8 Å². The van der Waals surface area contributed by atoms with Gasteiger partial charge >= 0.3 is 5.97 Å². The quantitative estimate of drug-likeness (QED) is 0.149. The van der Waals surface area contributed by atoms with E-state index in [1.807, 2.05) is 49.4 Å². The van der Waals surface area contributed by atoms with Crippen molar-refractivity contribution in [2.45, 2.75) is 52.6 Å². The van der Waals surface area contributed by atoms with Crippen molar-refractivity contribution >= 4 is 56.5 Å². The first-order valence-electron chi connectivity index (χ1n) is 14.3. The fourth-order valence-electron chi connectivity index (χ4n) is 5.74. The molecule has 0 saturated carbocycles. The topological polar surface area (TPSA) is 97.7 Å². The Balaban J connectivity index is 0.00000442. The van der Waals surface area contributed by atoms with E-state index in [4.69, 9.17) is 4.74 Å². The molecular formula is C35H36O6S3. The monoisotopic (exact) mass is 648 g/mol. The van der Waals surface area contributed by atoms with Crippen LogP contribution in [0, 0.1) is 31.6 Å². The number of ketones is 1. The lowest BCUT2D eigenvalue weighted by molar-refractivity contribution is -0.137. The average molecular weight is 649 g/mol. The van der Waals surface area contributed by atoms with Crippen molar-refractivity contribution in [2.75, 3.05) is 11.5 Å². The van der Waals surface area contributed by atoms with Gasteiger partial charge in [0.15, 0.2) is 5.78 Å². The number of thiophene rings is 1. The summed E-state index contributed by atoms with van der Waals surface area (Å²) >= 11 is 1.73. The molecule has 4 aromatic rings. The Morgan fingerprint density at radius 2 is 1.73 bits per heavy atom. The zero-order valence-corrected chi connectivity index (χ0v) is 27.6. The van der Waals surface area contributed by atoms with E-state index < -0.39 is 15.8 Å². The second-order valence-electron chi connectivity index (χ2n) is 11.1. The molecular weight excluding hydrogens is 613 g/mol. The Labute approximate surface area is 269 Å². The summed E-state index contributed by atoms with van der Waals surface area (Å²) in [5.74, 6) is 5.18. The van der Waals surface area contributed by atoms with Crippen molar-refractivity contribution in [1.82, 2.24) is 0 Å². The van der Waals surface area contributed by atoms with Gasteiger partial charge in [0, 0.05) is 32.0 Å². The van der Waals surface area contributed by atoms with Gasteiger partial charge in [-0.05, 0) is 86.2 Å². The lowest BCUT2D eigenvalue weighted by atomic mass is 9.89. The smallest absolute Gasteiger partial charge is 0.304 e. The van der Waals surface area contributed by atoms with Gasteiger partial charge in [0.1, 0.15) is 22.2 Å². The number of hydrogen-bond donors (Lipinski definition) is 1. The summed E-state index contributed by atoms with van der Waals surface area (Å²) in [5, 5.41) is 10.3. The third kappa shape index (κ3) is 7.55. The number of sulfone groups is 1. The van der Waals surface area contributed by atoms with Crippen LogP contribution in [-0.4, -0.2) is 36.8 Å². The molecule has 3 aromatic carbocycles. The summed E-state index contributed by atoms with van der Waals surface area (Å²) in [5.41, 5.74) is 5.73. The lowest BCUT2D eigenvalue weighted by Gasteiger charge is -2.21. The number of benzene rings is 3. The molecule has 230 valence electrons. The summed E-state index contributed by atoms with van der Waals surface area (Å²) in [6.07, 6.45) is 0.739. The van der Waals surface area contributed by atoms with E-state index in [1.165, 1.54) is 9.58 Å². The maximum atomic E-state index is 13.2. The van der Waals surface area contributed by atoms with Crippen molar-refractivity contribution in [3.8, 4) is 28.7 Å². The Hall–Kier alpha value is -3.58. The highest BCUT2D eigenvalue weighted by Crippen LogP contribution is 2.40. The molecule has 44 heavy (non-hydrogen) atoms. The number of carboxylic acid groups (broad SMARTS) is 1. The molecule has 1 saturated heterocycles. The number of aliphatic carboxylic acids is 1. The summed E-state index contributed by atoms with van der Waals surface area (Å²) in [7, 11) is -3.02. The molecule has 2 heterocycles. The zero-order valence-electron chi connectivity index (χ0n) is 25.0. The number of hydrogen-bond acceptors (Lipinski definition) is 6. The Kier molecular flexibility index (Phi) is 10.6. The number of fused-ring (bicyclic) bond motifs is 1. The normalized spacial score (nSPS) is 15.1. The number of aryl methyl sites for hydroxylation is 2. The minimum Gasteiger partial charge on any atom is -0.489 e. The maximum Gasteiger partial charge on any atom is 0.304 e. The number of carboxylic acids is 1. The van der Waals surface area contributed by atoms with Crippen LogP contribution in [0.2, 0.25) is 0 Å². The van der Waals surface area contributed by atoms with Crippen molar-refractivity contribution in [2.24, 2.45) is 5.92 Å². The largest absolute Gasteiger partial charge is 0.489 e. The SMILES string of the molecule is CC#C[C@@H](CC(=O)O)c1ccc(OCc2ccc3sc(C)c(-c4ccc(C(=O)C5CCS(=O)(=O)CC5)cc4C)c3c2)cc1.S. The van der Waals surface area contributed by atoms with E-state index in [-0.39, 0.29) is 49.0 Å². The van der Waals surface area contributed by atoms with Gasteiger partial charge in [-0.3, -0.25) is 9.59 Å². The van der Waals surface area contributed by atoms with Gasteiger partial charge in [-0.15, -0.1) is 17.3 Å². The van der Waals surface area contributed by atoms with Crippen LogP contribution < -0.4 is 4.74 Å². The van der Waals surface area contributed by atoms with E-state index in [1.54, 1.807) is 18.3 Å². The second-order valence-corrected chi connectivity index (χ2v) is 14.6. The fraction of sp³-hybridized carbons (Fsp3) is 0.314. The van der Waals surface area contributed by atoms with E-state index in [0.29, 0.717) is 30.8 Å². The Morgan fingerprint density at radius 3 is 2.36 bits per heavy atom. The van der Waals surface area contributed by atoms with Gasteiger partial charge in [0.25, 0.3) is 0 Å². The van der Waals surface area contributed by atoms with Gasteiger partial charge in [-0.1, -0.05) is 36.3 Å². The standard InChI is InChI=1S/C35H34O6S2.H2S/c1-4-5-27(20-33(36)37)25-7-10-29(11-8-25)41-21-24-6-13-32-31(19-24)34(23(3)42-32)30-12-9-28(18-22(30)2)35(38)26-14-16-43(39,40)17-15-26;/h6-13,18-19,26-27H,14-17,20-21H2,1-3H3,(H,36,37);1H2/t27-;/m0./s1. The maximum absolute atomic E-state index is 13.2. The van der Waals surface area contributed by atoms with Crippen LogP contribution in [0.4, 0.5) is 0 Å². The molecule has 6 nitrogen and oxygen atoms in total. The van der Waals surface area contributed by atoms with E-state index in [0.717, 1.165) is 33.2 Å². The minimum absolute atomic E-state index is 0. The Bertz CT molecular complexity index is 1850. The number of Topliss-reactive ketones (excluding diaryl/α,β-unsaturated/α-hetero) is 1. The molecule has 0 bridgehead atoms. The van der Waals surface area contributed by atoms with Crippen LogP contribution in [0.15, 0.2) is 60.7 Å². The highest BCUT2D eigenvalue weighted by molar-refractivity contribution is 7.91. The van der Waals surface area contributed by atoms with Crippen LogP contribution in [0.5, 0.6) is 5.75 Å². The van der Waals surface area contributed by atoms with Gasteiger partial charge in [0.05, 0.1) is 23.8 Å². The second kappa shape index (κ2) is 14.0. The summed E-state index contributed by atoms with van der Waals surface area (Å²) < 4.78 is 30.9. The van der Waals surface area contributed by atoms with Crippen molar-refractivity contribution in [3.63, 3.8) is 0 Å². The molecule has 1 atom stereocenters. The molecule has 1 aromatic heterocycles. The molecule has 1 fully saturated rings. The van der Waals surface area contributed by atoms with Gasteiger partial charge in [0.2, 0.25) is 0 Å². The average Bonchev–Trinajstić information content (AvgIpc) is 3.30. The molecule has 1 N–H and O–H groups in total. The molecule has 0 aliphatic carbocycles. The zero-order chi connectivity index (χ0) is 30.7. The number of carbonyl (C=O) groups is 2.